The summed E-state index contributed by atoms with van der Waals surface area (Å²) in [5, 5.41) is 2.88. The van der Waals surface area contributed by atoms with Crippen LogP contribution in [0, 0.1) is 13.8 Å². The predicted octanol–water partition coefficient (Wildman–Crippen LogP) is 3.07. The van der Waals surface area contributed by atoms with Crippen molar-refractivity contribution in [3.63, 3.8) is 0 Å². The fraction of sp³-hybridized carbons (Fsp3) is 0.300. The summed E-state index contributed by atoms with van der Waals surface area (Å²) in [5.41, 5.74) is 3.37. The molecule has 0 aliphatic carbocycles. The van der Waals surface area contributed by atoms with E-state index in [9.17, 15) is 9.59 Å². The van der Waals surface area contributed by atoms with Crippen molar-refractivity contribution >= 4 is 23.2 Å². The predicted molar refractivity (Wildman–Crippen MR) is 100 cm³/mol. The SMILES string of the molecule is CC(=O)N(CC(=O)Nc1cc(C)ccc1C)c1ccc2c(c1)OCCO2. The van der Waals surface area contributed by atoms with E-state index in [-0.39, 0.29) is 18.4 Å². The Morgan fingerprint density at radius 3 is 2.50 bits per heavy atom. The zero-order valence-electron chi connectivity index (χ0n) is 15.2. The molecule has 0 saturated heterocycles. The molecule has 1 aliphatic rings. The summed E-state index contributed by atoms with van der Waals surface area (Å²) in [6.45, 7) is 6.21. The summed E-state index contributed by atoms with van der Waals surface area (Å²) < 4.78 is 11.1. The van der Waals surface area contributed by atoms with E-state index in [1.54, 1.807) is 18.2 Å². The number of aryl methyl sites for hydroxylation is 2. The Hall–Kier alpha value is -3.02. The van der Waals surface area contributed by atoms with Gasteiger partial charge < -0.3 is 19.7 Å². The first-order chi connectivity index (χ1) is 12.4. The zero-order valence-corrected chi connectivity index (χ0v) is 15.2. The molecule has 1 aliphatic heterocycles. The zero-order chi connectivity index (χ0) is 18.7. The summed E-state index contributed by atoms with van der Waals surface area (Å²) in [4.78, 5) is 26.0. The lowest BCUT2D eigenvalue weighted by Gasteiger charge is -2.24. The molecule has 6 heteroatoms. The Kier molecular flexibility index (Phi) is 5.11. The summed E-state index contributed by atoms with van der Waals surface area (Å²) in [6.07, 6.45) is 0. The summed E-state index contributed by atoms with van der Waals surface area (Å²) in [5.74, 6) is 0.736. The maximum absolute atomic E-state index is 12.5. The van der Waals surface area contributed by atoms with Gasteiger partial charge in [0.1, 0.15) is 19.8 Å². The normalized spacial score (nSPS) is 12.4. The molecular weight excluding hydrogens is 332 g/mol. The Morgan fingerprint density at radius 1 is 1.04 bits per heavy atom. The first kappa shape index (κ1) is 17.8. The Morgan fingerprint density at radius 2 is 1.77 bits per heavy atom. The molecule has 0 spiro atoms. The van der Waals surface area contributed by atoms with Gasteiger partial charge >= 0.3 is 0 Å². The molecule has 0 atom stereocenters. The fourth-order valence-electron chi connectivity index (χ4n) is 2.79. The molecule has 136 valence electrons. The second kappa shape index (κ2) is 7.47. The first-order valence-corrected chi connectivity index (χ1v) is 8.49. The van der Waals surface area contributed by atoms with E-state index in [0.717, 1.165) is 16.8 Å². The van der Waals surface area contributed by atoms with E-state index >= 15 is 0 Å². The van der Waals surface area contributed by atoms with E-state index in [1.165, 1.54) is 11.8 Å². The fourth-order valence-corrected chi connectivity index (χ4v) is 2.79. The number of carbonyl (C=O) groups excluding carboxylic acids is 2. The van der Waals surface area contributed by atoms with Gasteiger partial charge in [-0.05, 0) is 43.2 Å². The van der Waals surface area contributed by atoms with Gasteiger partial charge in [0, 0.05) is 24.4 Å². The summed E-state index contributed by atoms with van der Waals surface area (Å²) in [7, 11) is 0. The molecular formula is C20H22N2O4. The van der Waals surface area contributed by atoms with Crippen molar-refractivity contribution in [2.45, 2.75) is 20.8 Å². The molecule has 3 rings (SSSR count). The third-order valence-corrected chi connectivity index (χ3v) is 4.19. The molecule has 1 N–H and O–H groups in total. The summed E-state index contributed by atoms with van der Waals surface area (Å²) >= 11 is 0. The lowest BCUT2D eigenvalue weighted by atomic mass is 10.1. The maximum Gasteiger partial charge on any atom is 0.244 e. The van der Waals surface area contributed by atoms with E-state index < -0.39 is 0 Å². The van der Waals surface area contributed by atoms with Gasteiger partial charge in [0.05, 0.1) is 0 Å². The monoisotopic (exact) mass is 354 g/mol. The number of rotatable bonds is 4. The van der Waals surface area contributed by atoms with Crippen LogP contribution in [0.3, 0.4) is 0 Å². The van der Waals surface area contributed by atoms with Crippen molar-refractivity contribution in [2.24, 2.45) is 0 Å². The van der Waals surface area contributed by atoms with Gasteiger partial charge in [-0.3, -0.25) is 9.59 Å². The number of hydrogen-bond acceptors (Lipinski definition) is 4. The number of nitrogens with one attached hydrogen (secondary N) is 1. The van der Waals surface area contributed by atoms with Crippen molar-refractivity contribution in [3.8, 4) is 11.5 Å². The number of nitrogens with zero attached hydrogens (tertiary/aromatic N) is 1. The molecule has 2 amide bonds. The smallest absolute Gasteiger partial charge is 0.244 e. The topological polar surface area (TPSA) is 67.9 Å². The standard InChI is InChI=1S/C20H22N2O4/c1-13-4-5-14(2)17(10-13)21-20(24)12-22(15(3)23)16-6-7-18-19(11-16)26-9-8-25-18/h4-7,10-11H,8-9,12H2,1-3H3,(H,21,24). The third kappa shape index (κ3) is 3.96. The average Bonchev–Trinajstić information content (AvgIpc) is 2.62. The molecule has 1 heterocycles. The van der Waals surface area contributed by atoms with E-state index in [0.29, 0.717) is 30.4 Å². The highest BCUT2D eigenvalue weighted by Crippen LogP contribution is 2.34. The van der Waals surface area contributed by atoms with E-state index in [2.05, 4.69) is 5.32 Å². The maximum atomic E-state index is 12.5. The molecule has 0 fully saturated rings. The number of benzene rings is 2. The van der Waals surface area contributed by atoms with Crippen LogP contribution < -0.4 is 19.7 Å². The quantitative estimate of drug-likeness (QED) is 0.916. The summed E-state index contributed by atoms with van der Waals surface area (Å²) in [6, 6.07) is 11.1. The Bertz CT molecular complexity index is 848. The van der Waals surface area contributed by atoms with Gasteiger partial charge in [-0.1, -0.05) is 12.1 Å². The molecule has 2 aromatic carbocycles. The average molecular weight is 354 g/mol. The van der Waals surface area contributed by atoms with Crippen LogP contribution in [-0.2, 0) is 9.59 Å². The molecule has 2 aromatic rings. The molecule has 0 saturated carbocycles. The number of anilines is 2. The van der Waals surface area contributed by atoms with Crippen LogP contribution in [0.15, 0.2) is 36.4 Å². The van der Waals surface area contributed by atoms with Gasteiger partial charge in [-0.15, -0.1) is 0 Å². The van der Waals surface area contributed by atoms with Gasteiger partial charge in [-0.2, -0.15) is 0 Å². The van der Waals surface area contributed by atoms with Gasteiger partial charge in [-0.25, -0.2) is 0 Å². The van der Waals surface area contributed by atoms with Crippen LogP contribution in [0.4, 0.5) is 11.4 Å². The Balaban J connectivity index is 1.77. The first-order valence-electron chi connectivity index (χ1n) is 8.49. The van der Waals surface area contributed by atoms with Crippen LogP contribution in [-0.4, -0.2) is 31.6 Å². The van der Waals surface area contributed by atoms with E-state index in [4.69, 9.17) is 9.47 Å². The van der Waals surface area contributed by atoms with Crippen molar-refractivity contribution in [1.29, 1.82) is 0 Å². The number of hydrogen-bond donors (Lipinski definition) is 1. The number of amides is 2. The molecule has 0 radical (unpaired) electrons. The van der Waals surface area contributed by atoms with Crippen LogP contribution in [0.2, 0.25) is 0 Å². The number of ether oxygens (including phenoxy) is 2. The number of fused-ring (bicyclic) bond motifs is 1. The highest BCUT2D eigenvalue weighted by Gasteiger charge is 2.20. The minimum absolute atomic E-state index is 0.0810. The van der Waals surface area contributed by atoms with Crippen molar-refractivity contribution in [1.82, 2.24) is 0 Å². The van der Waals surface area contributed by atoms with Crippen LogP contribution >= 0.6 is 0 Å². The molecule has 26 heavy (non-hydrogen) atoms. The number of carbonyl (C=O) groups is 2. The van der Waals surface area contributed by atoms with Crippen LogP contribution in [0.25, 0.3) is 0 Å². The van der Waals surface area contributed by atoms with Crippen LogP contribution in [0.1, 0.15) is 18.1 Å². The lowest BCUT2D eigenvalue weighted by Crippen LogP contribution is -2.36. The lowest BCUT2D eigenvalue weighted by molar-refractivity contribution is -0.120. The van der Waals surface area contributed by atoms with E-state index in [1.807, 2.05) is 32.0 Å². The van der Waals surface area contributed by atoms with Crippen molar-refractivity contribution in [3.05, 3.63) is 47.5 Å². The van der Waals surface area contributed by atoms with Crippen LogP contribution in [0.5, 0.6) is 11.5 Å². The molecule has 0 unspecified atom stereocenters. The van der Waals surface area contributed by atoms with Crippen molar-refractivity contribution < 1.29 is 19.1 Å². The third-order valence-electron chi connectivity index (χ3n) is 4.19. The Labute approximate surface area is 152 Å². The van der Waals surface area contributed by atoms with Gasteiger partial charge in [0.2, 0.25) is 11.8 Å². The second-order valence-corrected chi connectivity index (χ2v) is 6.30. The van der Waals surface area contributed by atoms with Gasteiger partial charge in [0.15, 0.2) is 11.5 Å². The second-order valence-electron chi connectivity index (χ2n) is 6.30. The highest BCUT2D eigenvalue weighted by molar-refractivity contribution is 6.02. The van der Waals surface area contributed by atoms with Crippen molar-refractivity contribution in [2.75, 3.05) is 30.0 Å². The minimum atomic E-state index is -0.260. The molecule has 6 nitrogen and oxygen atoms in total. The molecule has 0 aromatic heterocycles. The highest BCUT2D eigenvalue weighted by atomic mass is 16.6. The largest absolute Gasteiger partial charge is 0.486 e. The van der Waals surface area contributed by atoms with Gasteiger partial charge in [0.25, 0.3) is 0 Å². The minimum Gasteiger partial charge on any atom is -0.486 e. The molecule has 0 bridgehead atoms.